The summed E-state index contributed by atoms with van der Waals surface area (Å²) >= 11 is 0. The van der Waals surface area contributed by atoms with Crippen LogP contribution in [0.25, 0.3) is 6.08 Å². The normalized spacial score (nSPS) is 18.1. The van der Waals surface area contributed by atoms with Gasteiger partial charge in [-0.1, -0.05) is 0 Å². The molecule has 1 saturated carbocycles. The monoisotopic (exact) mass is 303 g/mol. The summed E-state index contributed by atoms with van der Waals surface area (Å²) in [7, 11) is 1.57. The number of ether oxygens (including phenoxy) is 2. The number of carboxylic acids is 1. The summed E-state index contributed by atoms with van der Waals surface area (Å²) < 4.78 is 10.7. The predicted molar refractivity (Wildman–Crippen MR) is 78.8 cm³/mol. The van der Waals surface area contributed by atoms with Gasteiger partial charge in [-0.05, 0) is 43.5 Å². The van der Waals surface area contributed by atoms with Crippen LogP contribution in [0.2, 0.25) is 0 Å². The van der Waals surface area contributed by atoms with Crippen LogP contribution in [-0.2, 0) is 9.59 Å². The van der Waals surface area contributed by atoms with Crippen molar-refractivity contribution >= 4 is 18.0 Å². The third-order valence-electron chi connectivity index (χ3n) is 4.19. The highest BCUT2D eigenvalue weighted by Gasteiger charge is 2.46. The summed E-state index contributed by atoms with van der Waals surface area (Å²) in [5.41, 5.74) is 0.0362. The van der Waals surface area contributed by atoms with Gasteiger partial charge < -0.3 is 19.9 Å². The number of carboxylic acid groups (broad SMARTS) is 1. The van der Waals surface area contributed by atoms with E-state index in [4.69, 9.17) is 9.47 Å². The Balaban J connectivity index is 1.81. The number of benzene rings is 1. The molecule has 0 saturated heterocycles. The highest BCUT2D eigenvalue weighted by atomic mass is 16.5. The number of aliphatic carboxylic acids is 1. The summed E-state index contributed by atoms with van der Waals surface area (Å²) in [6.45, 7) is 0.126. The van der Waals surface area contributed by atoms with Gasteiger partial charge in [0, 0.05) is 5.56 Å². The summed E-state index contributed by atoms with van der Waals surface area (Å²) in [5, 5.41) is 11.9. The van der Waals surface area contributed by atoms with Crippen molar-refractivity contribution in [1.82, 2.24) is 5.32 Å². The molecule has 2 aliphatic rings. The number of carbonyl (C=O) groups is 2. The minimum absolute atomic E-state index is 0.126. The van der Waals surface area contributed by atoms with Crippen molar-refractivity contribution in [2.75, 3.05) is 13.7 Å². The second-order valence-corrected chi connectivity index (χ2v) is 5.56. The van der Waals surface area contributed by atoms with Gasteiger partial charge in [-0.3, -0.25) is 4.79 Å². The van der Waals surface area contributed by atoms with Crippen molar-refractivity contribution in [3.8, 4) is 11.5 Å². The van der Waals surface area contributed by atoms with Gasteiger partial charge in [0.1, 0.15) is 23.6 Å². The van der Waals surface area contributed by atoms with Crippen LogP contribution in [0.15, 0.2) is 23.8 Å². The number of rotatable bonds is 4. The first-order valence-electron chi connectivity index (χ1n) is 7.11. The van der Waals surface area contributed by atoms with Gasteiger partial charge in [-0.15, -0.1) is 0 Å². The van der Waals surface area contributed by atoms with E-state index in [-0.39, 0.29) is 6.61 Å². The van der Waals surface area contributed by atoms with Crippen LogP contribution in [0.3, 0.4) is 0 Å². The van der Waals surface area contributed by atoms with E-state index in [1.807, 2.05) is 0 Å². The first kappa shape index (κ1) is 14.4. The van der Waals surface area contributed by atoms with Crippen molar-refractivity contribution in [2.45, 2.75) is 24.8 Å². The summed E-state index contributed by atoms with van der Waals surface area (Å²) in [6, 6.07) is 5.34. The number of methoxy groups -OCH3 is 1. The van der Waals surface area contributed by atoms with Gasteiger partial charge in [0.05, 0.1) is 12.7 Å². The lowest BCUT2D eigenvalue weighted by molar-refractivity contribution is -0.151. The maximum atomic E-state index is 12.3. The maximum absolute atomic E-state index is 12.3. The van der Waals surface area contributed by atoms with Crippen LogP contribution in [-0.4, -0.2) is 36.2 Å². The number of carbonyl (C=O) groups excluding carboxylic acids is 1. The lowest BCUT2D eigenvalue weighted by atomic mass is 9.76. The van der Waals surface area contributed by atoms with E-state index >= 15 is 0 Å². The average Bonchev–Trinajstić information content (AvgIpc) is 2.49. The highest BCUT2D eigenvalue weighted by molar-refractivity contribution is 6.02. The molecule has 6 heteroatoms. The molecule has 3 rings (SSSR count). The summed E-state index contributed by atoms with van der Waals surface area (Å²) in [5.74, 6) is -0.0303. The number of hydrogen-bond acceptors (Lipinski definition) is 4. The molecule has 6 nitrogen and oxygen atoms in total. The quantitative estimate of drug-likeness (QED) is 0.882. The number of nitrogens with one attached hydrogen (secondary N) is 1. The second-order valence-electron chi connectivity index (χ2n) is 5.56. The van der Waals surface area contributed by atoms with Crippen molar-refractivity contribution in [2.24, 2.45) is 0 Å². The molecule has 0 bridgehead atoms. The van der Waals surface area contributed by atoms with E-state index in [9.17, 15) is 14.7 Å². The molecule has 22 heavy (non-hydrogen) atoms. The first-order chi connectivity index (χ1) is 10.5. The van der Waals surface area contributed by atoms with Crippen molar-refractivity contribution in [1.29, 1.82) is 0 Å². The number of amides is 1. The first-order valence-corrected chi connectivity index (χ1v) is 7.11. The van der Waals surface area contributed by atoms with Crippen LogP contribution in [0.1, 0.15) is 24.8 Å². The summed E-state index contributed by atoms with van der Waals surface area (Å²) in [4.78, 5) is 23.6. The molecule has 0 radical (unpaired) electrons. The zero-order chi connectivity index (χ0) is 15.7. The Labute approximate surface area is 127 Å². The van der Waals surface area contributed by atoms with E-state index in [1.165, 1.54) is 0 Å². The highest BCUT2D eigenvalue weighted by Crippen LogP contribution is 2.34. The third-order valence-corrected chi connectivity index (χ3v) is 4.19. The van der Waals surface area contributed by atoms with Gasteiger partial charge in [-0.2, -0.15) is 0 Å². The van der Waals surface area contributed by atoms with E-state index in [0.29, 0.717) is 29.9 Å². The minimum Gasteiger partial charge on any atom is -0.497 e. The molecule has 1 fully saturated rings. The average molecular weight is 303 g/mol. The molecule has 1 amide bonds. The van der Waals surface area contributed by atoms with Crippen molar-refractivity contribution in [3.05, 3.63) is 29.3 Å². The van der Waals surface area contributed by atoms with Crippen LogP contribution in [0.5, 0.6) is 11.5 Å². The number of fused-ring (bicyclic) bond motifs is 1. The van der Waals surface area contributed by atoms with E-state index < -0.39 is 17.4 Å². The predicted octanol–water partition coefficient (Wildman–Crippen LogP) is 1.59. The molecule has 2 N–H and O–H groups in total. The largest absolute Gasteiger partial charge is 0.497 e. The van der Waals surface area contributed by atoms with Crippen LogP contribution >= 0.6 is 0 Å². The Bertz CT molecular complexity index is 661. The Kier molecular flexibility index (Phi) is 3.52. The molecule has 1 aliphatic heterocycles. The molecule has 1 aromatic carbocycles. The lowest BCUT2D eigenvalue weighted by Gasteiger charge is -2.38. The molecule has 1 aromatic rings. The Hall–Kier alpha value is -2.50. The molecular weight excluding hydrogens is 286 g/mol. The van der Waals surface area contributed by atoms with Gasteiger partial charge >= 0.3 is 5.97 Å². The van der Waals surface area contributed by atoms with Crippen LogP contribution < -0.4 is 14.8 Å². The van der Waals surface area contributed by atoms with Crippen LogP contribution in [0, 0.1) is 0 Å². The van der Waals surface area contributed by atoms with E-state index in [2.05, 4.69) is 5.32 Å². The lowest BCUT2D eigenvalue weighted by Crippen LogP contribution is -2.59. The van der Waals surface area contributed by atoms with Gasteiger partial charge in [-0.25, -0.2) is 4.79 Å². The number of hydrogen-bond donors (Lipinski definition) is 2. The van der Waals surface area contributed by atoms with Gasteiger partial charge in [0.25, 0.3) is 5.91 Å². The third kappa shape index (κ3) is 2.41. The van der Waals surface area contributed by atoms with Crippen molar-refractivity contribution in [3.63, 3.8) is 0 Å². The molecule has 0 aromatic heterocycles. The van der Waals surface area contributed by atoms with Gasteiger partial charge in [0.2, 0.25) is 0 Å². The van der Waals surface area contributed by atoms with E-state index in [0.717, 1.165) is 12.0 Å². The molecule has 116 valence electrons. The topological polar surface area (TPSA) is 84.9 Å². The van der Waals surface area contributed by atoms with Gasteiger partial charge in [0.15, 0.2) is 0 Å². The fourth-order valence-corrected chi connectivity index (χ4v) is 2.63. The minimum atomic E-state index is -1.12. The summed E-state index contributed by atoms with van der Waals surface area (Å²) in [6.07, 6.45) is 3.45. The molecule has 0 spiro atoms. The zero-order valence-electron chi connectivity index (χ0n) is 12.2. The molecule has 0 unspecified atom stereocenters. The molecule has 1 aliphatic carbocycles. The molecular formula is C16H17NO5. The molecule has 1 heterocycles. The fraction of sp³-hybridized carbons (Fsp3) is 0.375. The SMILES string of the molecule is COc1ccc2c(c1)C=C(C(=O)NC1(C(=O)O)CCC1)CO2. The van der Waals surface area contributed by atoms with Crippen LogP contribution in [0.4, 0.5) is 0 Å². The Morgan fingerprint density at radius 3 is 2.73 bits per heavy atom. The fourth-order valence-electron chi connectivity index (χ4n) is 2.63. The maximum Gasteiger partial charge on any atom is 0.329 e. The second kappa shape index (κ2) is 5.36. The standard InChI is InChI=1S/C16H17NO5/c1-21-12-3-4-13-10(8-12)7-11(9-22-13)14(18)17-16(15(19)20)5-2-6-16/h3-4,7-8H,2,5-6,9H2,1H3,(H,17,18)(H,19,20). The smallest absolute Gasteiger partial charge is 0.329 e. The van der Waals surface area contributed by atoms with Crippen molar-refractivity contribution < 1.29 is 24.2 Å². The Morgan fingerprint density at radius 2 is 2.14 bits per heavy atom. The Morgan fingerprint density at radius 1 is 1.36 bits per heavy atom. The van der Waals surface area contributed by atoms with E-state index in [1.54, 1.807) is 31.4 Å². The zero-order valence-corrected chi connectivity index (χ0v) is 12.2. The molecule has 0 atom stereocenters.